The van der Waals surface area contributed by atoms with Gasteiger partial charge in [0.1, 0.15) is 42.9 Å². The summed E-state index contributed by atoms with van der Waals surface area (Å²) in [6.45, 7) is 2.26. The molecule has 13 heteroatoms. The summed E-state index contributed by atoms with van der Waals surface area (Å²) in [5, 5.41) is 0. The van der Waals surface area contributed by atoms with Crippen molar-refractivity contribution in [3.05, 3.63) is 208 Å². The zero-order valence-electron chi connectivity index (χ0n) is 40.0. The van der Waals surface area contributed by atoms with E-state index in [4.69, 9.17) is 47.4 Å². The number of hydrogen-bond acceptors (Lipinski definition) is 12. The summed E-state index contributed by atoms with van der Waals surface area (Å²) in [5.41, 5.74) is 4.67. The van der Waals surface area contributed by atoms with Gasteiger partial charge in [0.25, 0.3) is 0 Å². The van der Waals surface area contributed by atoms with Gasteiger partial charge in [-0.1, -0.05) is 174 Å². The van der Waals surface area contributed by atoms with Gasteiger partial charge in [0.05, 0.1) is 64.9 Å². The SMILES string of the molecule is COC(=O)C[C@H]1O[C@H](C[C@@H]2[C@H](OCc3ccccc3)[C@@H](Oc3cccc(Br)c3)O[C@H](COC(C)=O)[C@H]2OCc2ccccc2)[C@@H](OCc2ccccc2)[C@H](OCc2ccccc2)[C@@H]1OCc1ccccc1. The third-order valence-electron chi connectivity index (χ3n) is 12.5. The smallest absolute Gasteiger partial charge is 0.308 e. The second-order valence-corrected chi connectivity index (χ2v) is 18.5. The van der Waals surface area contributed by atoms with Crippen LogP contribution in [0.4, 0.5) is 0 Å². The van der Waals surface area contributed by atoms with Crippen molar-refractivity contribution in [2.24, 2.45) is 5.92 Å². The van der Waals surface area contributed by atoms with Crippen LogP contribution in [-0.2, 0) is 85.3 Å². The van der Waals surface area contributed by atoms with E-state index in [1.54, 1.807) is 0 Å². The van der Waals surface area contributed by atoms with Gasteiger partial charge in [0.15, 0.2) is 0 Å². The first-order valence-corrected chi connectivity index (χ1v) is 24.8. The van der Waals surface area contributed by atoms with Crippen LogP contribution in [0, 0.1) is 5.92 Å². The lowest BCUT2D eigenvalue weighted by Gasteiger charge is -2.50. The largest absolute Gasteiger partial charge is 0.469 e. The molecular weight excluding hydrogens is 969 g/mol. The van der Waals surface area contributed by atoms with Crippen molar-refractivity contribution in [3.63, 3.8) is 0 Å². The lowest BCUT2D eigenvalue weighted by Crippen LogP contribution is -2.64. The Bertz CT molecular complexity index is 2500. The van der Waals surface area contributed by atoms with E-state index >= 15 is 0 Å². The van der Waals surface area contributed by atoms with Gasteiger partial charge in [-0.25, -0.2) is 0 Å². The van der Waals surface area contributed by atoms with Gasteiger partial charge in [-0.05, 0) is 52.4 Å². The molecule has 2 aliphatic rings. The fourth-order valence-corrected chi connectivity index (χ4v) is 9.46. The predicted octanol–water partition coefficient (Wildman–Crippen LogP) is 10.4. The monoisotopic (exact) mass is 1030 g/mol. The highest BCUT2D eigenvalue weighted by Gasteiger charge is 2.54. The molecule has 6 aromatic rings. The van der Waals surface area contributed by atoms with E-state index in [1.165, 1.54) is 14.0 Å². The van der Waals surface area contributed by atoms with E-state index in [1.807, 2.05) is 176 Å². The molecule has 0 saturated carbocycles. The Labute approximate surface area is 424 Å². The van der Waals surface area contributed by atoms with E-state index in [0.29, 0.717) is 5.75 Å². The number of halogens is 1. The Morgan fingerprint density at radius 2 is 0.930 bits per heavy atom. The van der Waals surface area contributed by atoms with Gasteiger partial charge in [-0.15, -0.1) is 0 Å². The van der Waals surface area contributed by atoms with E-state index in [2.05, 4.69) is 15.9 Å². The number of methoxy groups -OCH3 is 1. The molecule has 2 fully saturated rings. The maximum atomic E-state index is 13.5. The van der Waals surface area contributed by atoms with Gasteiger partial charge in [-0.3, -0.25) is 9.59 Å². The Morgan fingerprint density at radius 1 is 0.493 bits per heavy atom. The summed E-state index contributed by atoms with van der Waals surface area (Å²) >= 11 is 3.60. The van der Waals surface area contributed by atoms with Crippen LogP contribution in [0.25, 0.3) is 0 Å². The molecule has 372 valence electrons. The number of rotatable bonds is 23. The number of ether oxygens (including phenoxy) is 10. The first kappa shape index (κ1) is 51.6. The summed E-state index contributed by atoms with van der Waals surface area (Å²) in [5.74, 6) is -1.03. The summed E-state index contributed by atoms with van der Waals surface area (Å²) in [6.07, 6.45) is -7.43. The van der Waals surface area contributed by atoms with E-state index in [9.17, 15) is 9.59 Å². The molecule has 0 bridgehead atoms. The lowest BCUT2D eigenvalue weighted by atomic mass is 9.80. The van der Waals surface area contributed by atoms with Crippen molar-refractivity contribution < 1.29 is 57.0 Å². The number of carbonyl (C=O) groups is 2. The molecule has 0 radical (unpaired) electrons. The van der Waals surface area contributed by atoms with Crippen LogP contribution in [0.2, 0.25) is 0 Å². The zero-order chi connectivity index (χ0) is 49.2. The van der Waals surface area contributed by atoms with Crippen LogP contribution in [-0.4, -0.2) is 80.8 Å². The normalized spacial score (nSPS) is 24.2. The highest BCUT2D eigenvalue weighted by Crippen LogP contribution is 2.41. The Balaban J connectivity index is 1.24. The van der Waals surface area contributed by atoms with E-state index in [0.717, 1.165) is 32.3 Å². The minimum absolute atomic E-state index is 0.137. The average molecular weight is 1030 g/mol. The molecule has 0 aromatic heterocycles. The molecule has 0 spiro atoms. The minimum atomic E-state index is -1.04. The minimum Gasteiger partial charge on any atom is -0.469 e. The lowest BCUT2D eigenvalue weighted by molar-refractivity contribution is -0.302. The Kier molecular flexibility index (Phi) is 19.4. The van der Waals surface area contributed by atoms with Crippen molar-refractivity contribution in [2.45, 2.75) is 108 Å². The summed E-state index contributed by atoms with van der Waals surface area (Å²) < 4.78 is 67.8. The quantitative estimate of drug-likeness (QED) is 0.0567. The molecule has 12 nitrogen and oxygen atoms in total. The summed E-state index contributed by atoms with van der Waals surface area (Å²) in [7, 11) is 1.36. The molecule has 0 aliphatic carbocycles. The molecule has 71 heavy (non-hydrogen) atoms. The number of esters is 2. The maximum Gasteiger partial charge on any atom is 0.308 e. The van der Waals surface area contributed by atoms with Crippen molar-refractivity contribution in [2.75, 3.05) is 13.7 Å². The Hall–Kier alpha value is -5.74. The molecule has 6 aromatic carbocycles. The molecule has 8 rings (SSSR count). The van der Waals surface area contributed by atoms with Crippen LogP contribution in [0.3, 0.4) is 0 Å². The van der Waals surface area contributed by atoms with E-state index in [-0.39, 0.29) is 52.5 Å². The first-order chi connectivity index (χ1) is 34.8. The molecule has 0 N–H and O–H groups in total. The highest BCUT2D eigenvalue weighted by molar-refractivity contribution is 9.10. The molecule has 0 amide bonds. The van der Waals surface area contributed by atoms with Gasteiger partial charge in [0.2, 0.25) is 6.29 Å². The second-order valence-electron chi connectivity index (χ2n) is 17.6. The third kappa shape index (κ3) is 15.1. The van der Waals surface area contributed by atoms with Gasteiger partial charge in [-0.2, -0.15) is 0 Å². The molecular formula is C58H61BrO12. The van der Waals surface area contributed by atoms with Gasteiger partial charge < -0.3 is 47.4 Å². The number of carbonyl (C=O) groups excluding carboxylic acids is 2. The first-order valence-electron chi connectivity index (χ1n) is 24.0. The highest BCUT2D eigenvalue weighted by atomic mass is 79.9. The van der Waals surface area contributed by atoms with Gasteiger partial charge >= 0.3 is 11.9 Å². The van der Waals surface area contributed by atoms with Crippen molar-refractivity contribution in [3.8, 4) is 5.75 Å². The predicted molar refractivity (Wildman–Crippen MR) is 269 cm³/mol. The second kappa shape index (κ2) is 26.6. The molecule has 2 heterocycles. The molecule has 0 unspecified atom stereocenters. The fourth-order valence-electron chi connectivity index (χ4n) is 9.08. The van der Waals surface area contributed by atoms with Gasteiger partial charge in [0, 0.05) is 17.3 Å². The number of benzene rings is 6. The van der Waals surface area contributed by atoms with Crippen LogP contribution in [0.5, 0.6) is 5.75 Å². The molecule has 2 aliphatic heterocycles. The van der Waals surface area contributed by atoms with Crippen molar-refractivity contribution >= 4 is 27.9 Å². The number of hydrogen-bond donors (Lipinski definition) is 0. The van der Waals surface area contributed by atoms with Crippen LogP contribution in [0.1, 0.15) is 47.6 Å². The van der Waals surface area contributed by atoms with Crippen LogP contribution < -0.4 is 4.74 Å². The molecule has 10 atom stereocenters. The standard InChI is InChI=1S/C58H61BrO12/c1-40(60)63-39-51-53(64-34-41-19-8-3-9-20-41)48(54(65-35-42-21-10-4-11-22-42)58(71-51)69-47-30-18-29-46(59)31-47)32-49-55(66-36-43-23-12-5-13-24-43)57(68-38-45-27-16-7-17-28-45)56(50(70-49)33-52(61)62-2)67-37-44-25-14-6-15-26-44/h3-31,48-51,53-58H,32-39H2,1-2H3/t48-,49+,50+,51+,53-,54-,55+,56+,57-,58-/m0/s1. The maximum absolute atomic E-state index is 13.5. The summed E-state index contributed by atoms with van der Waals surface area (Å²) in [4.78, 5) is 26.1. The van der Waals surface area contributed by atoms with Crippen molar-refractivity contribution in [1.29, 1.82) is 0 Å². The fraction of sp³-hybridized carbons (Fsp3) is 0.345. The third-order valence-corrected chi connectivity index (χ3v) is 13.0. The summed E-state index contributed by atoms with van der Waals surface area (Å²) in [6, 6.07) is 56.8. The topological polar surface area (TPSA) is 126 Å². The Morgan fingerprint density at radius 3 is 1.38 bits per heavy atom. The zero-order valence-corrected chi connectivity index (χ0v) is 41.5. The van der Waals surface area contributed by atoms with E-state index < -0.39 is 73.0 Å². The van der Waals surface area contributed by atoms with Crippen molar-refractivity contribution in [1.82, 2.24) is 0 Å². The van der Waals surface area contributed by atoms with Crippen LogP contribution in [0.15, 0.2) is 180 Å². The van der Waals surface area contributed by atoms with Crippen LogP contribution >= 0.6 is 15.9 Å². The molecule has 2 saturated heterocycles. The average Bonchev–Trinajstić information content (AvgIpc) is 3.40.